The van der Waals surface area contributed by atoms with Gasteiger partial charge in [0.15, 0.2) is 0 Å². The highest BCUT2D eigenvalue weighted by Gasteiger charge is 2.27. The molecular weight excluding hydrogens is 482 g/mol. The molecule has 0 radical (unpaired) electrons. The number of para-hydroxylation sites is 4. The molecule has 2 aromatic heterocycles. The molecule has 5 nitrogen and oxygen atoms in total. The summed E-state index contributed by atoms with van der Waals surface area (Å²) >= 11 is 0. The van der Waals surface area contributed by atoms with Gasteiger partial charge in [-0.15, -0.1) is 0 Å². The van der Waals surface area contributed by atoms with E-state index in [0.717, 1.165) is 55.0 Å². The van der Waals surface area contributed by atoms with E-state index in [0.29, 0.717) is 5.69 Å². The number of hydrogen-bond acceptors (Lipinski definition) is 2. The molecule has 184 valence electrons. The number of amides is 2. The van der Waals surface area contributed by atoms with Gasteiger partial charge < -0.3 is 9.13 Å². The summed E-state index contributed by atoms with van der Waals surface area (Å²) in [6, 6.07) is 39.3. The predicted molar refractivity (Wildman–Crippen MR) is 157 cm³/mol. The first-order chi connectivity index (χ1) is 19.2. The lowest BCUT2D eigenvalue weighted by molar-refractivity contribution is -0.119. The van der Waals surface area contributed by atoms with E-state index < -0.39 is 0 Å². The molecule has 0 bridgehead atoms. The quantitative estimate of drug-likeness (QED) is 0.237. The lowest BCUT2D eigenvalue weighted by Gasteiger charge is -2.19. The fourth-order valence-corrected chi connectivity index (χ4v) is 6.02. The zero-order valence-electron chi connectivity index (χ0n) is 20.8. The number of carbonyl (C=O) groups excluding carboxylic acids is 2. The van der Waals surface area contributed by atoms with Crippen molar-refractivity contribution >= 4 is 61.1 Å². The molecule has 0 saturated heterocycles. The molecule has 7 aromatic rings. The number of anilines is 1. The van der Waals surface area contributed by atoms with Crippen molar-refractivity contribution in [1.82, 2.24) is 9.13 Å². The Morgan fingerprint density at radius 1 is 0.385 bits per heavy atom. The fraction of sp³-hybridized carbons (Fsp3) is 0. The smallest absolute Gasteiger partial charge is 0.258 e. The van der Waals surface area contributed by atoms with Crippen molar-refractivity contribution in [1.29, 1.82) is 0 Å². The largest absolute Gasteiger partial charge is 0.309 e. The highest BCUT2D eigenvalue weighted by molar-refractivity contribution is 6.28. The van der Waals surface area contributed by atoms with E-state index in [2.05, 4.69) is 63.7 Å². The summed E-state index contributed by atoms with van der Waals surface area (Å²) in [6.45, 7) is 0. The summed E-state index contributed by atoms with van der Waals surface area (Å²) in [6.07, 6.45) is 2.66. The van der Waals surface area contributed by atoms with Gasteiger partial charge in [0.2, 0.25) is 0 Å². The van der Waals surface area contributed by atoms with Gasteiger partial charge >= 0.3 is 0 Å². The second-order valence-electron chi connectivity index (χ2n) is 9.79. The Balaban J connectivity index is 1.50. The van der Waals surface area contributed by atoms with Crippen molar-refractivity contribution in [2.45, 2.75) is 0 Å². The molecule has 0 aliphatic carbocycles. The summed E-state index contributed by atoms with van der Waals surface area (Å²) in [7, 11) is 0. The van der Waals surface area contributed by atoms with E-state index in [1.165, 1.54) is 17.1 Å². The maximum absolute atomic E-state index is 12.8. The van der Waals surface area contributed by atoms with Gasteiger partial charge in [0.25, 0.3) is 11.8 Å². The number of hydrogen-bond donors (Lipinski definition) is 0. The molecule has 0 saturated carbocycles. The van der Waals surface area contributed by atoms with Gasteiger partial charge in [-0.1, -0.05) is 72.8 Å². The third-order valence-corrected chi connectivity index (χ3v) is 7.63. The molecule has 0 N–H and O–H groups in total. The number of fused-ring (bicyclic) bond motifs is 6. The van der Waals surface area contributed by atoms with E-state index in [1.54, 1.807) is 0 Å². The molecular formula is C34H21N3O2. The average molecular weight is 504 g/mol. The molecule has 0 fully saturated rings. The highest BCUT2D eigenvalue weighted by Crippen LogP contribution is 2.37. The maximum atomic E-state index is 12.8. The molecule has 0 atom stereocenters. The Labute approximate surface area is 223 Å². The van der Waals surface area contributed by atoms with E-state index in [4.69, 9.17) is 0 Å². The van der Waals surface area contributed by atoms with Gasteiger partial charge in [0.1, 0.15) is 0 Å². The summed E-state index contributed by atoms with van der Waals surface area (Å²) in [5.74, 6) is -0.680. The molecule has 8 rings (SSSR count). The number of nitrogens with zero attached hydrogens (tertiary/aromatic N) is 3. The van der Waals surface area contributed by atoms with Crippen molar-refractivity contribution in [3.05, 3.63) is 127 Å². The van der Waals surface area contributed by atoms with Crippen LogP contribution in [0.5, 0.6) is 0 Å². The highest BCUT2D eigenvalue weighted by atomic mass is 16.2. The second-order valence-corrected chi connectivity index (χ2v) is 9.79. The molecule has 0 spiro atoms. The first kappa shape index (κ1) is 21.6. The Morgan fingerprint density at radius 2 is 0.692 bits per heavy atom. The summed E-state index contributed by atoms with van der Waals surface area (Å²) in [5.41, 5.74) is 6.50. The van der Waals surface area contributed by atoms with Gasteiger partial charge in [0.05, 0.1) is 39.1 Å². The van der Waals surface area contributed by atoms with Crippen LogP contribution in [0.15, 0.2) is 127 Å². The van der Waals surface area contributed by atoms with Crippen LogP contribution in [0.25, 0.3) is 55.0 Å². The van der Waals surface area contributed by atoms with Crippen molar-refractivity contribution in [2.75, 3.05) is 4.90 Å². The van der Waals surface area contributed by atoms with Crippen molar-refractivity contribution in [3.63, 3.8) is 0 Å². The van der Waals surface area contributed by atoms with Crippen molar-refractivity contribution in [3.8, 4) is 11.4 Å². The Hall–Kier alpha value is -5.42. The Morgan fingerprint density at radius 3 is 1.05 bits per heavy atom. The van der Waals surface area contributed by atoms with Crippen LogP contribution in [0.3, 0.4) is 0 Å². The third-order valence-electron chi connectivity index (χ3n) is 7.63. The summed E-state index contributed by atoms with van der Waals surface area (Å²) < 4.78 is 4.42. The zero-order chi connectivity index (χ0) is 26.1. The summed E-state index contributed by atoms with van der Waals surface area (Å²) in [4.78, 5) is 26.9. The van der Waals surface area contributed by atoms with Crippen LogP contribution in [0, 0.1) is 0 Å². The van der Waals surface area contributed by atoms with Crippen LogP contribution in [0.2, 0.25) is 0 Å². The molecule has 1 aliphatic heterocycles. The van der Waals surface area contributed by atoms with E-state index >= 15 is 0 Å². The Bertz CT molecular complexity index is 1920. The topological polar surface area (TPSA) is 47.2 Å². The van der Waals surface area contributed by atoms with E-state index in [-0.39, 0.29) is 11.8 Å². The van der Waals surface area contributed by atoms with Crippen molar-refractivity contribution in [2.24, 2.45) is 0 Å². The van der Waals surface area contributed by atoms with Gasteiger partial charge in [-0.2, -0.15) is 0 Å². The second kappa shape index (κ2) is 8.04. The fourth-order valence-electron chi connectivity index (χ4n) is 6.02. The molecule has 39 heavy (non-hydrogen) atoms. The van der Waals surface area contributed by atoms with Crippen LogP contribution in [-0.4, -0.2) is 20.9 Å². The van der Waals surface area contributed by atoms with Crippen LogP contribution in [-0.2, 0) is 9.59 Å². The maximum Gasteiger partial charge on any atom is 0.258 e. The molecule has 3 heterocycles. The van der Waals surface area contributed by atoms with Gasteiger partial charge in [-0.25, -0.2) is 4.90 Å². The number of carbonyl (C=O) groups is 2. The lowest BCUT2D eigenvalue weighted by atomic mass is 10.2. The summed E-state index contributed by atoms with van der Waals surface area (Å²) in [5, 5.41) is 4.58. The van der Waals surface area contributed by atoms with Gasteiger partial charge in [-0.05, 0) is 42.5 Å². The lowest BCUT2D eigenvalue weighted by Crippen LogP contribution is -2.29. The number of benzene rings is 5. The minimum atomic E-state index is -0.340. The predicted octanol–water partition coefficient (Wildman–Crippen LogP) is 7.31. The average Bonchev–Trinajstić information content (AvgIpc) is 3.61. The van der Waals surface area contributed by atoms with E-state index in [1.807, 2.05) is 60.7 Å². The number of rotatable bonds is 3. The first-order valence-electron chi connectivity index (χ1n) is 12.9. The van der Waals surface area contributed by atoms with Crippen LogP contribution in [0.4, 0.5) is 5.69 Å². The molecule has 0 unspecified atom stereocenters. The van der Waals surface area contributed by atoms with Crippen molar-refractivity contribution < 1.29 is 9.59 Å². The SMILES string of the molecule is O=C1C=CC(=O)N1c1cc(-n2c3ccccc3c3ccccc32)cc(-n2c3ccccc3c3ccccc32)c1. The molecule has 5 aromatic carbocycles. The van der Waals surface area contributed by atoms with Gasteiger partial charge in [-0.3, -0.25) is 9.59 Å². The van der Waals surface area contributed by atoms with Gasteiger partial charge in [0, 0.05) is 33.7 Å². The van der Waals surface area contributed by atoms with Crippen LogP contribution in [0.1, 0.15) is 0 Å². The molecule has 1 aliphatic rings. The molecule has 2 amide bonds. The normalized spacial score (nSPS) is 13.6. The Kier molecular flexibility index (Phi) is 4.46. The monoisotopic (exact) mass is 503 g/mol. The number of imide groups is 1. The first-order valence-corrected chi connectivity index (χ1v) is 12.9. The standard InChI is InChI=1S/C34H21N3O2/c38-33-17-18-34(39)37(33)24-20-22(35-29-13-5-1-9-25(29)26-10-2-6-14-30(26)35)19-23(21-24)36-31-15-7-3-11-27(31)28-12-4-8-16-32(28)36/h1-21H. The zero-order valence-corrected chi connectivity index (χ0v) is 20.8. The van der Waals surface area contributed by atoms with E-state index in [9.17, 15) is 9.59 Å². The van der Waals surface area contributed by atoms with Crippen LogP contribution >= 0.6 is 0 Å². The third kappa shape index (κ3) is 3.07. The molecule has 5 heteroatoms. The number of aromatic nitrogens is 2. The van der Waals surface area contributed by atoms with Crippen LogP contribution < -0.4 is 4.90 Å². The minimum absolute atomic E-state index is 0.340. The minimum Gasteiger partial charge on any atom is -0.309 e.